The topological polar surface area (TPSA) is 27.2 Å². The first kappa shape index (κ1) is 100. The van der Waals surface area contributed by atoms with Crippen molar-refractivity contribution in [1.29, 1.82) is 0 Å². The molecule has 8 nitrogen and oxygen atoms in total. The van der Waals surface area contributed by atoms with Gasteiger partial charge in [-0.15, -0.1) is 0 Å². The summed E-state index contributed by atoms with van der Waals surface area (Å²) in [5, 5.41) is 18.8. The Morgan fingerprint density at radius 3 is 1.15 bits per heavy atom. The van der Waals surface area contributed by atoms with Gasteiger partial charge in [-0.25, -0.2) is 22.8 Å². The zero-order valence-corrected chi connectivity index (χ0v) is 84.4. The number of quaternary nitrogens is 1. The van der Waals surface area contributed by atoms with E-state index in [0.717, 1.165) is 29.8 Å². The first-order chi connectivity index (χ1) is 59.6. The van der Waals surface area contributed by atoms with E-state index in [4.69, 9.17) is 0 Å². The molecule has 0 N–H and O–H groups in total. The fourth-order valence-corrected chi connectivity index (χ4v) is 18.4. The van der Waals surface area contributed by atoms with Gasteiger partial charge in [0.15, 0.2) is 128 Å². The van der Waals surface area contributed by atoms with Gasteiger partial charge in [0.2, 0.25) is 0 Å². The van der Waals surface area contributed by atoms with Crippen LogP contribution < -0.4 is 32.0 Å². The Kier molecular flexibility index (Phi) is 36.1. The molecular formula is C118H166N8+8. The largest absolute Gasteiger partial charge is 0.321 e. The molecule has 8 heteroatoms. The van der Waals surface area contributed by atoms with Crippen molar-refractivity contribution in [3.8, 4) is 0 Å². The molecule has 16 rings (SSSR count). The second-order valence-electron chi connectivity index (χ2n) is 41.4. The van der Waals surface area contributed by atoms with Gasteiger partial charge in [0.1, 0.15) is 0 Å². The molecule has 0 radical (unpaired) electrons. The summed E-state index contributed by atoms with van der Waals surface area (Å²) in [7, 11) is 2.48. The Balaban J connectivity index is 0.000000163. The number of hydrogen-bond donors (Lipinski definition) is 0. The average molecular weight is 1700 g/mol. The van der Waals surface area contributed by atoms with E-state index in [0.29, 0.717) is 83.7 Å². The number of rotatable bonds is 16. The molecule has 0 amide bonds. The molecule has 4 atom stereocenters. The van der Waals surface area contributed by atoms with Gasteiger partial charge >= 0.3 is 0 Å². The molecule has 126 heavy (non-hydrogen) atoms. The van der Waals surface area contributed by atoms with Crippen molar-refractivity contribution in [3.05, 3.63) is 296 Å². The van der Waals surface area contributed by atoms with E-state index in [1.165, 1.54) is 138 Å². The van der Waals surface area contributed by atoms with Gasteiger partial charge in [0, 0.05) is 110 Å². The number of benzene rings is 7. The molecule has 2 fully saturated rings. The molecule has 1 aliphatic carbocycles. The first-order valence-electron chi connectivity index (χ1n) is 48.5. The number of fused-ring (bicyclic) bond motifs is 9. The van der Waals surface area contributed by atoms with Crippen LogP contribution in [0.3, 0.4) is 0 Å². The van der Waals surface area contributed by atoms with Crippen LogP contribution in [0.2, 0.25) is 0 Å². The molecule has 7 aromatic carbocycles. The van der Waals surface area contributed by atoms with Gasteiger partial charge in [-0.2, -0.15) is 9.13 Å². The summed E-state index contributed by atoms with van der Waals surface area (Å²) in [5.41, 5.74) is 9.98. The zero-order chi connectivity index (χ0) is 92.5. The number of hydrogen-bond acceptors (Lipinski definition) is 0. The SMILES string of the molecule is CC(C)C1CC2CC1C[N+]2(C)C(C)C.CC(C)c1c2ccccc2cc[n+]1C(C)C.CC(C)c1c[n+](C(C)C)cc2ccccc12.CC(C)c1cc2ccccc2c[n+]1C(C)C.CC(C)c1ccc2c[n+](C(C)C)ccc2c1.CC(C)c1ccc2cc[n+](C(C)C)cc2c1.CC(C)c1cccc2c[n+](C(C)C)ccc12.CC(C)c1cccc2cc[n+](C(C)C)cc12. The van der Waals surface area contributed by atoms with Crippen molar-refractivity contribution in [2.45, 2.75) is 330 Å². The Labute approximate surface area is 764 Å². The minimum Gasteiger partial charge on any atom is -0.321 e. The smallest absolute Gasteiger partial charge is 0.191 e. The lowest BCUT2D eigenvalue weighted by Crippen LogP contribution is -2.56. The van der Waals surface area contributed by atoms with Gasteiger partial charge in [-0.1, -0.05) is 220 Å². The van der Waals surface area contributed by atoms with Crippen LogP contribution in [0.4, 0.5) is 0 Å². The van der Waals surface area contributed by atoms with Crippen LogP contribution in [0, 0.1) is 17.8 Å². The average Bonchev–Trinajstić information content (AvgIpc) is 1.59. The highest BCUT2D eigenvalue weighted by Gasteiger charge is 2.55. The maximum atomic E-state index is 2.48. The standard InChI is InChI=1S/7C15H20N.C13H26N/c1-11(2)13-5-6-15-10-16(12(3)4)8-7-14(15)9-13;1-11(2)14-6-5-13-7-8-16(12(3)4)10-15(13)9-14;1-11(2)14-7-5-6-13-10-16(12(3)4)9-8-15(13)14;1-11(2)14-7-5-6-13-8-9-16(12(3)4)10-15(13)14;1-11(2)15-10-16(12(3)4)9-13-7-5-6-8-14(13)15;1-11(2)15-9-13-7-5-6-8-14(13)10-16(15)12(3)4;1-11(2)15-14-8-6-5-7-13(14)9-10-16(15)12(3)4;1-9(2)13-7-12-6-11(13)8-14(12,5)10(3)4/h7*5-12H,1-4H3;9-13H,6-8H2,1-5H3/q8*+1. The van der Waals surface area contributed by atoms with Crippen LogP contribution >= 0.6 is 0 Å². The van der Waals surface area contributed by atoms with Gasteiger partial charge in [-0.05, 0) is 249 Å². The van der Waals surface area contributed by atoms with Gasteiger partial charge < -0.3 is 4.48 Å². The molecule has 1 aliphatic heterocycles. The van der Waals surface area contributed by atoms with E-state index in [1.807, 2.05) is 0 Å². The van der Waals surface area contributed by atoms with Crippen LogP contribution in [-0.2, 0) is 0 Å². The highest BCUT2D eigenvalue weighted by Crippen LogP contribution is 2.49. The van der Waals surface area contributed by atoms with Crippen LogP contribution in [-0.4, -0.2) is 30.2 Å². The summed E-state index contributed by atoms with van der Waals surface area (Å²) in [6.45, 7) is 73.6. The molecule has 14 aromatic rings. The van der Waals surface area contributed by atoms with E-state index in [-0.39, 0.29) is 0 Å². The fraction of sp³-hybridized carbons (Fsp3) is 0.466. The van der Waals surface area contributed by atoms with Crippen molar-refractivity contribution >= 4 is 75.4 Å². The summed E-state index contributed by atoms with van der Waals surface area (Å²) in [4.78, 5) is 0. The molecular weight excluding hydrogens is 1530 g/mol. The lowest BCUT2D eigenvalue weighted by molar-refractivity contribution is -0.946. The second-order valence-corrected chi connectivity index (χ2v) is 41.4. The van der Waals surface area contributed by atoms with Crippen LogP contribution in [0.15, 0.2) is 256 Å². The fourth-order valence-electron chi connectivity index (χ4n) is 18.4. The maximum absolute atomic E-state index is 2.48. The minimum atomic E-state index is 0.516. The quantitative estimate of drug-likeness (QED) is 0.0681. The summed E-state index contributed by atoms with van der Waals surface area (Å²) in [5.74, 6) is 7.00. The van der Waals surface area contributed by atoms with Crippen molar-refractivity contribution in [1.82, 2.24) is 0 Å². The predicted octanol–water partition coefficient (Wildman–Crippen LogP) is 29.7. The molecule has 670 valence electrons. The lowest BCUT2D eigenvalue weighted by Gasteiger charge is -2.44. The van der Waals surface area contributed by atoms with Crippen LogP contribution in [0.25, 0.3) is 75.4 Å². The highest BCUT2D eigenvalue weighted by molar-refractivity contribution is 5.88. The summed E-state index contributed by atoms with van der Waals surface area (Å²) >= 11 is 0. The molecule has 4 unspecified atom stereocenters. The molecule has 2 bridgehead atoms. The first-order valence-corrected chi connectivity index (χ1v) is 48.5. The van der Waals surface area contributed by atoms with Gasteiger partial charge in [0.25, 0.3) is 0 Å². The summed E-state index contributed by atoms with van der Waals surface area (Å²) in [6, 6.07) is 71.3. The summed E-state index contributed by atoms with van der Waals surface area (Å²) in [6.07, 6.45) is 29.7. The predicted molar refractivity (Wildman–Crippen MR) is 541 cm³/mol. The minimum absolute atomic E-state index is 0.516. The number of nitrogens with zero attached hydrogens (tertiary/aromatic N) is 8. The third kappa shape index (κ3) is 25.7. The van der Waals surface area contributed by atoms with Crippen molar-refractivity contribution in [2.24, 2.45) is 17.8 Å². The number of piperidine rings is 1. The maximum Gasteiger partial charge on any atom is 0.191 e. The van der Waals surface area contributed by atoms with Crippen molar-refractivity contribution < 1.29 is 36.5 Å². The number of likely N-dealkylation sites (tertiary alicyclic amines) is 1. The Bertz CT molecular complexity index is 5620. The van der Waals surface area contributed by atoms with Crippen molar-refractivity contribution in [2.75, 3.05) is 13.6 Å². The van der Waals surface area contributed by atoms with E-state index in [1.54, 1.807) is 0 Å². The van der Waals surface area contributed by atoms with Crippen molar-refractivity contribution in [3.63, 3.8) is 0 Å². The lowest BCUT2D eigenvalue weighted by atomic mass is 9.84. The van der Waals surface area contributed by atoms with E-state index in [9.17, 15) is 0 Å². The van der Waals surface area contributed by atoms with E-state index < -0.39 is 0 Å². The van der Waals surface area contributed by atoms with Gasteiger partial charge in [0.05, 0.1) is 25.7 Å². The van der Waals surface area contributed by atoms with E-state index >= 15 is 0 Å². The highest BCUT2D eigenvalue weighted by atomic mass is 15.4. The normalized spacial score (nSPS) is 15.5. The zero-order valence-electron chi connectivity index (χ0n) is 84.4. The monoisotopic (exact) mass is 1700 g/mol. The molecule has 1 saturated carbocycles. The molecule has 1 saturated heterocycles. The third-order valence-corrected chi connectivity index (χ3v) is 26.7. The molecule has 7 aromatic heterocycles. The molecule has 8 heterocycles. The van der Waals surface area contributed by atoms with Gasteiger partial charge in [-0.3, -0.25) is 0 Å². The summed E-state index contributed by atoms with van der Waals surface area (Å²) < 4.78 is 17.5. The van der Waals surface area contributed by atoms with Crippen LogP contribution in [0.1, 0.15) is 357 Å². The molecule has 2 aliphatic rings. The second kappa shape index (κ2) is 45.4. The van der Waals surface area contributed by atoms with E-state index in [2.05, 4.69) is 517 Å². The Hall–Kier alpha value is -9.63. The number of pyridine rings is 7. The molecule has 0 spiro atoms. The Morgan fingerprint density at radius 2 is 0.659 bits per heavy atom. The van der Waals surface area contributed by atoms with Crippen LogP contribution in [0.5, 0.6) is 0 Å². The number of aromatic nitrogens is 7. The third-order valence-electron chi connectivity index (χ3n) is 26.7. The Morgan fingerprint density at radius 1 is 0.262 bits per heavy atom.